The monoisotopic (exact) mass is 681 g/mol. The number of aliphatic hydroxyl groups is 4. The molecule has 7 rings (SSSR count). The first-order valence-electron chi connectivity index (χ1n) is 15.9. The van der Waals surface area contributed by atoms with Gasteiger partial charge in [0.1, 0.15) is 29.1 Å². The fourth-order valence-electron chi connectivity index (χ4n) is 6.78. The van der Waals surface area contributed by atoms with E-state index in [1.807, 2.05) is 0 Å². The van der Waals surface area contributed by atoms with Gasteiger partial charge in [-0.05, 0) is 46.3 Å². The smallest absolute Gasteiger partial charge is 0.314 e. The molecule has 1 aliphatic carbocycles. The average molecular weight is 682 g/mol. The number of Topliss-reactive ketones (excluding diaryl/α,β-unsaturated/α-hetero) is 3. The molecule has 13 nitrogen and oxygen atoms in total. The van der Waals surface area contributed by atoms with Crippen molar-refractivity contribution in [1.82, 2.24) is 5.32 Å². The Kier molecular flexibility index (Phi) is 10.3. The van der Waals surface area contributed by atoms with E-state index in [0.29, 0.717) is 0 Å². The van der Waals surface area contributed by atoms with E-state index >= 15 is 0 Å². The molecule has 6 bridgehead atoms. The van der Waals surface area contributed by atoms with Crippen LogP contribution in [0.3, 0.4) is 0 Å². The third kappa shape index (κ3) is 6.39. The van der Waals surface area contributed by atoms with Gasteiger partial charge in [0, 0.05) is 34.5 Å². The molecule has 6 aliphatic rings. The Morgan fingerprint density at radius 3 is 1.92 bits per heavy atom. The van der Waals surface area contributed by atoms with Crippen LogP contribution in [0.5, 0.6) is 11.5 Å². The van der Waals surface area contributed by atoms with Crippen LogP contribution in [0.1, 0.15) is 85.1 Å². The minimum Gasteiger partial charge on any atom is -0.507 e. The van der Waals surface area contributed by atoms with Crippen LogP contribution in [-0.2, 0) is 14.3 Å². The number of benzene rings is 1. The summed E-state index contributed by atoms with van der Waals surface area (Å²) in [7, 11) is 0. The second-order valence-corrected chi connectivity index (χ2v) is 13.6. The van der Waals surface area contributed by atoms with Crippen LogP contribution in [0.15, 0.2) is 46.7 Å². The maximum absolute atomic E-state index is 13.9. The Morgan fingerprint density at radius 1 is 0.776 bits per heavy atom. The summed E-state index contributed by atoms with van der Waals surface area (Å²) in [5.41, 5.74) is -5.35. The van der Waals surface area contributed by atoms with Crippen molar-refractivity contribution >= 4 is 29.2 Å². The molecule has 9 atom stereocenters. The summed E-state index contributed by atoms with van der Waals surface area (Å²) in [6, 6.07) is 0. The normalized spacial score (nSPS) is 36.1. The second kappa shape index (κ2) is 13.5. The van der Waals surface area contributed by atoms with Crippen molar-refractivity contribution in [2.24, 2.45) is 23.7 Å². The number of aliphatic hydroxyl groups excluding tert-OH is 3. The molecule has 1 saturated heterocycles. The molecule has 5 heterocycles. The van der Waals surface area contributed by atoms with Gasteiger partial charge in [0.2, 0.25) is 5.78 Å². The molecule has 1 amide bonds. The number of amides is 1. The number of esters is 1. The molecule has 0 unspecified atom stereocenters. The Hall–Kier alpha value is -4.43. The Morgan fingerprint density at radius 2 is 1.33 bits per heavy atom. The number of phenolic OH excluding ortho intramolecular Hbond substituents is 2. The van der Waals surface area contributed by atoms with Crippen LogP contribution in [0.25, 0.3) is 0 Å². The molecule has 1 fully saturated rings. The number of ether oxygens (including phenoxy) is 1. The Balaban J connectivity index is 1.93. The fraction of sp³-hybridized carbons (Fsp3) is 0.472. The Labute approximate surface area is 283 Å². The highest BCUT2D eigenvalue weighted by Gasteiger charge is 2.51. The molecule has 1 aromatic carbocycles. The molecule has 7 N–H and O–H groups in total. The number of phenols is 2. The van der Waals surface area contributed by atoms with Gasteiger partial charge >= 0.3 is 5.97 Å². The van der Waals surface area contributed by atoms with E-state index in [0.717, 1.165) is 13.0 Å². The first-order valence-corrected chi connectivity index (χ1v) is 15.9. The molecular weight excluding hydrogens is 638 g/mol. The number of carbonyl (C=O) groups excluding carboxylic acids is 5. The summed E-state index contributed by atoms with van der Waals surface area (Å²) in [5, 5.41) is 69.4. The highest BCUT2D eigenvalue weighted by atomic mass is 16.6. The average Bonchev–Trinajstić information content (AvgIpc) is 3.04. The number of allylic oxidation sites excluding steroid dienone is 5. The van der Waals surface area contributed by atoms with Crippen LogP contribution in [0, 0.1) is 30.6 Å². The van der Waals surface area contributed by atoms with Crippen molar-refractivity contribution in [3.8, 4) is 11.5 Å². The van der Waals surface area contributed by atoms with Crippen molar-refractivity contribution in [2.75, 3.05) is 0 Å². The van der Waals surface area contributed by atoms with Crippen LogP contribution >= 0.6 is 0 Å². The number of ketones is 3. The number of hydrogen-bond donors (Lipinski definition) is 7. The lowest BCUT2D eigenvalue weighted by Crippen LogP contribution is -2.57. The molecule has 0 spiro atoms. The zero-order chi connectivity index (χ0) is 37.0. The summed E-state index contributed by atoms with van der Waals surface area (Å²) >= 11 is 0. The molecule has 49 heavy (non-hydrogen) atoms. The van der Waals surface area contributed by atoms with Gasteiger partial charge in [0.15, 0.2) is 11.6 Å². The summed E-state index contributed by atoms with van der Waals surface area (Å²) in [6.45, 7) is 10.9. The van der Waals surface area contributed by atoms with Crippen molar-refractivity contribution in [3.05, 3.63) is 69.0 Å². The van der Waals surface area contributed by atoms with E-state index in [1.165, 1.54) is 46.8 Å². The first kappa shape index (κ1) is 37.4. The van der Waals surface area contributed by atoms with Crippen molar-refractivity contribution in [2.45, 2.75) is 85.4 Å². The van der Waals surface area contributed by atoms with Crippen molar-refractivity contribution in [1.29, 1.82) is 0 Å². The maximum Gasteiger partial charge on any atom is 0.314 e. The summed E-state index contributed by atoms with van der Waals surface area (Å²) in [5.74, 6) is -10.1. The highest BCUT2D eigenvalue weighted by Crippen LogP contribution is 2.43. The van der Waals surface area contributed by atoms with Crippen LogP contribution in [-0.4, -0.2) is 89.9 Å². The van der Waals surface area contributed by atoms with E-state index in [9.17, 15) is 54.6 Å². The molecule has 5 aliphatic heterocycles. The van der Waals surface area contributed by atoms with Crippen molar-refractivity contribution in [3.63, 3.8) is 0 Å². The molecule has 0 aromatic heterocycles. The lowest BCUT2D eigenvalue weighted by atomic mass is 9.73. The lowest BCUT2D eigenvalue weighted by Gasteiger charge is -2.43. The first-order chi connectivity index (χ1) is 22.6. The van der Waals surface area contributed by atoms with E-state index in [2.05, 4.69) is 5.32 Å². The van der Waals surface area contributed by atoms with Crippen molar-refractivity contribution < 1.29 is 59.3 Å². The van der Waals surface area contributed by atoms with Gasteiger partial charge in [-0.1, -0.05) is 39.0 Å². The summed E-state index contributed by atoms with van der Waals surface area (Å²) in [6.07, 6.45) is -0.284. The van der Waals surface area contributed by atoms with E-state index in [-0.39, 0.29) is 22.3 Å². The van der Waals surface area contributed by atoms with Gasteiger partial charge < -0.3 is 40.7 Å². The zero-order valence-electron chi connectivity index (χ0n) is 28.6. The highest BCUT2D eigenvalue weighted by molar-refractivity contribution is 6.32. The maximum atomic E-state index is 13.9. The quantitative estimate of drug-likeness (QED) is 0.195. The number of hydrogen-bond acceptors (Lipinski definition) is 12. The SMILES string of the molecule is CC1=C2NC(=O)/C(C)=C\C=C/[C@@H](C)[C@H]3OC(=O)[C@H]([C@H](O)[C@@H]3C)[C@H](O)[C@H](C)[C@@H](O)[C@](C)(O)/C=C(/C)C(=O)c3c(O)c(C)c(O)c(c3C1=O)C2=O. The predicted octanol–water partition coefficient (Wildman–Crippen LogP) is 2.10. The minimum absolute atomic E-state index is 0.104. The van der Waals surface area contributed by atoms with E-state index in [1.54, 1.807) is 19.9 Å². The van der Waals surface area contributed by atoms with Gasteiger partial charge in [0.25, 0.3) is 5.91 Å². The molecular formula is C36H43NO12. The number of rotatable bonds is 0. The van der Waals surface area contributed by atoms with E-state index < -0.39 is 117 Å². The van der Waals surface area contributed by atoms with Gasteiger partial charge in [-0.25, -0.2) is 0 Å². The standard InChI is InChI=1S/C36H43NO12/c1-13-10-9-11-14(2)34(46)37-24-16(4)26(39)20-21(27(40)17(5)28(41)22(20)31(24)44)25(38)15(3)12-36(8,48)33(45)19(7)30(43)23-29(42)18(6)32(13)49-35(23)47/h9-13,18-19,23,29-30,32-33,40-43,45,48H,1-8H3,(H,37,46)/b10-9-,14-11-,15-12-/t13-,18+,19+,23-,29-,30-,32-,33-,36-/m1/s1. The molecule has 1 aromatic rings. The topological polar surface area (TPSA) is 228 Å². The van der Waals surface area contributed by atoms with Crippen LogP contribution < -0.4 is 5.32 Å². The molecule has 0 radical (unpaired) electrons. The fourth-order valence-corrected chi connectivity index (χ4v) is 6.78. The largest absolute Gasteiger partial charge is 0.507 e. The van der Waals surface area contributed by atoms with Gasteiger partial charge in [-0.2, -0.15) is 0 Å². The third-order valence-electron chi connectivity index (χ3n) is 10.0. The number of carbonyl (C=O) groups is 5. The third-order valence-corrected chi connectivity index (χ3v) is 10.0. The zero-order valence-corrected chi connectivity index (χ0v) is 28.6. The number of nitrogens with one attached hydrogen (secondary N) is 1. The number of aromatic hydroxyl groups is 2. The molecule has 13 heteroatoms. The predicted molar refractivity (Wildman–Crippen MR) is 175 cm³/mol. The summed E-state index contributed by atoms with van der Waals surface area (Å²) in [4.78, 5) is 67.7. The van der Waals surface area contributed by atoms with Gasteiger partial charge in [-0.15, -0.1) is 0 Å². The summed E-state index contributed by atoms with van der Waals surface area (Å²) < 4.78 is 5.65. The van der Waals surface area contributed by atoms with E-state index in [4.69, 9.17) is 4.74 Å². The van der Waals surface area contributed by atoms with Gasteiger partial charge in [0.05, 0.1) is 40.7 Å². The van der Waals surface area contributed by atoms with Crippen LogP contribution in [0.2, 0.25) is 0 Å². The Bertz CT molecular complexity index is 1760. The second-order valence-electron chi connectivity index (χ2n) is 13.6. The molecule has 0 saturated carbocycles. The minimum atomic E-state index is -2.27. The van der Waals surface area contributed by atoms with Gasteiger partial charge in [-0.3, -0.25) is 24.0 Å². The molecule has 264 valence electrons. The lowest BCUT2D eigenvalue weighted by molar-refractivity contribution is -0.198. The van der Waals surface area contributed by atoms with Crippen LogP contribution in [0.4, 0.5) is 0 Å².